The Balaban J connectivity index is 1.19. The lowest BCUT2D eigenvalue weighted by Gasteiger charge is -2.36. The highest BCUT2D eigenvalue weighted by molar-refractivity contribution is 8.00. The van der Waals surface area contributed by atoms with Crippen LogP contribution in [0.3, 0.4) is 0 Å². The third-order valence-corrected chi connectivity index (χ3v) is 24.4. The number of amides is 17. The highest BCUT2D eigenvalue weighted by Crippen LogP contribution is 2.28. The van der Waals surface area contributed by atoms with E-state index in [1.807, 2.05) is 6.92 Å². The van der Waals surface area contributed by atoms with Gasteiger partial charge >= 0.3 is 11.9 Å². The first-order valence-corrected chi connectivity index (χ1v) is 44.8. The van der Waals surface area contributed by atoms with Gasteiger partial charge in [0.1, 0.15) is 90.3 Å². The van der Waals surface area contributed by atoms with Crippen molar-refractivity contribution < 1.29 is 117 Å². The predicted molar refractivity (Wildman–Crippen MR) is 476 cm³/mol. The van der Waals surface area contributed by atoms with Crippen molar-refractivity contribution in [3.63, 3.8) is 0 Å². The number of fused-ring (bicyclic) bond motifs is 4. The smallest absolute Gasteiger partial charge is 0.303 e. The predicted octanol–water partition coefficient (Wildman–Crippen LogP) is -4.13. The number of primary amides is 2. The molecule has 718 valence electrons. The van der Waals surface area contributed by atoms with E-state index >= 15 is 33.6 Å². The second kappa shape index (κ2) is 49.6. The fourth-order valence-corrected chi connectivity index (χ4v) is 16.8. The number of aromatic hydroxyl groups is 1. The Bertz CT molecular complexity index is 5010. The van der Waals surface area contributed by atoms with Crippen LogP contribution in [0.4, 0.5) is 0 Å². The maximum atomic E-state index is 15.7. The van der Waals surface area contributed by atoms with Gasteiger partial charge in [-0.2, -0.15) is 0 Å². The summed E-state index contributed by atoms with van der Waals surface area (Å²) in [6, 6.07) is -4.05. The van der Waals surface area contributed by atoms with E-state index in [1.54, 1.807) is 67.8 Å². The number of aliphatic hydroxyl groups excluding tert-OH is 2. The lowest BCUT2D eigenvalue weighted by atomic mass is 9.99. The molecule has 8 rings (SSSR count). The molecule has 45 heteroatoms. The Labute approximate surface area is 764 Å². The van der Waals surface area contributed by atoms with Crippen molar-refractivity contribution in [3.05, 3.63) is 102 Å². The normalized spacial score (nSPS) is 25.0. The number of hydrogen-bond donors (Lipinski definition) is 20. The van der Waals surface area contributed by atoms with Crippen molar-refractivity contribution in [2.24, 2.45) is 17.2 Å². The second-order valence-corrected chi connectivity index (χ2v) is 34.1. The number of phenols is 1. The molecule has 3 fully saturated rings. The molecule has 15 atom stereocenters. The number of hydrogen-bond acceptors (Lipinski definition) is 24. The average molecular weight is 1860 g/mol. The number of H-pyrrole nitrogens is 2. The van der Waals surface area contributed by atoms with Gasteiger partial charge < -0.3 is 130 Å². The Kier molecular flexibility index (Phi) is 39.1. The number of carbonyl (C=O) groups excluding carboxylic acids is 17. The Morgan fingerprint density at radius 2 is 1.00 bits per heavy atom. The molecule has 0 unspecified atom stereocenters. The van der Waals surface area contributed by atoms with Crippen LogP contribution >= 0.6 is 11.8 Å². The Hall–Kier alpha value is -13.3. The highest BCUT2D eigenvalue weighted by Gasteiger charge is 2.47. The van der Waals surface area contributed by atoms with Crippen molar-refractivity contribution in [2.75, 3.05) is 65.4 Å². The third-order valence-electron chi connectivity index (χ3n) is 23.4. The number of aliphatic carboxylic acids is 2. The molecule has 3 saturated heterocycles. The molecular formula is C87H120N20O24S. The minimum Gasteiger partial charge on any atom is -0.508 e. The zero-order valence-corrected chi connectivity index (χ0v) is 75.1. The number of nitrogens with zero attached hydrogens (tertiary/aromatic N) is 5. The highest BCUT2D eigenvalue weighted by atomic mass is 32.2. The lowest BCUT2D eigenvalue weighted by molar-refractivity contribution is -0.149. The van der Waals surface area contributed by atoms with E-state index < -0.39 is 273 Å². The number of carboxylic acids is 2. The van der Waals surface area contributed by atoms with Gasteiger partial charge in [0.25, 0.3) is 0 Å². The number of nitrogens with two attached hydrogens (primary N) is 3. The molecule has 5 heterocycles. The molecule has 5 aromatic rings. The second-order valence-electron chi connectivity index (χ2n) is 33.0. The summed E-state index contributed by atoms with van der Waals surface area (Å²) in [6.07, 6.45) is -2.56. The zero-order valence-electron chi connectivity index (χ0n) is 74.3. The van der Waals surface area contributed by atoms with Gasteiger partial charge in [-0.3, -0.25) is 91.1 Å². The first kappa shape index (κ1) is 104. The summed E-state index contributed by atoms with van der Waals surface area (Å²) in [7, 11) is 3.76. The van der Waals surface area contributed by atoms with Gasteiger partial charge in [-0.25, -0.2) is 0 Å². The Morgan fingerprint density at radius 3 is 1.59 bits per heavy atom. The third kappa shape index (κ3) is 28.8. The summed E-state index contributed by atoms with van der Waals surface area (Å²) in [5.41, 5.74) is 19.7. The van der Waals surface area contributed by atoms with Crippen LogP contribution in [-0.4, -0.2) is 328 Å². The van der Waals surface area contributed by atoms with Crippen LogP contribution in [0.1, 0.15) is 134 Å². The molecule has 3 aliphatic rings. The van der Waals surface area contributed by atoms with Gasteiger partial charge in [0.2, 0.25) is 100 Å². The molecule has 132 heavy (non-hydrogen) atoms. The van der Waals surface area contributed by atoms with Gasteiger partial charge in [0.05, 0.1) is 31.4 Å². The topological polar surface area (TPSA) is 672 Å². The summed E-state index contributed by atoms with van der Waals surface area (Å²) in [5.74, 6) is -21.9. The molecule has 23 N–H and O–H groups in total. The van der Waals surface area contributed by atoms with Gasteiger partial charge in [0, 0.05) is 113 Å². The van der Waals surface area contributed by atoms with Gasteiger partial charge in [-0.1, -0.05) is 88.1 Å². The summed E-state index contributed by atoms with van der Waals surface area (Å²) in [6.45, 7) is 1.73. The number of phenolic OH excluding ortho intramolecular Hbond substituents is 1. The lowest BCUT2D eigenvalue weighted by Crippen LogP contribution is -2.61. The van der Waals surface area contributed by atoms with Crippen molar-refractivity contribution in [2.45, 2.75) is 227 Å². The Morgan fingerprint density at radius 1 is 0.508 bits per heavy atom. The number of carboxylic acid groups (broad SMARTS) is 2. The summed E-state index contributed by atoms with van der Waals surface area (Å²) in [4.78, 5) is 283. The number of rotatable bonds is 26. The number of likely N-dealkylation sites (N-methyl/N-ethyl adjacent to an activating group) is 3. The van der Waals surface area contributed by atoms with E-state index in [9.17, 15) is 83.1 Å². The van der Waals surface area contributed by atoms with Crippen LogP contribution in [0, 0.1) is 0 Å². The molecule has 0 saturated carbocycles. The number of aliphatic hydroxyl groups is 2. The molecule has 0 radical (unpaired) electrons. The number of aromatic amines is 2. The number of carbonyl (C=O) groups is 19. The van der Waals surface area contributed by atoms with E-state index in [2.05, 4.69) is 63.1 Å². The average Bonchev–Trinajstić information content (AvgIpc) is 1.65. The minimum atomic E-state index is -1.98. The molecule has 2 aromatic heterocycles. The molecule has 3 aliphatic heterocycles. The van der Waals surface area contributed by atoms with Crippen LogP contribution in [0.5, 0.6) is 5.75 Å². The molecular weight excluding hydrogens is 1740 g/mol. The number of aromatic nitrogens is 2. The number of para-hydroxylation sites is 2. The molecule has 0 aliphatic carbocycles. The van der Waals surface area contributed by atoms with Crippen LogP contribution in [0.25, 0.3) is 21.8 Å². The van der Waals surface area contributed by atoms with Crippen LogP contribution in [0.2, 0.25) is 0 Å². The summed E-state index contributed by atoms with van der Waals surface area (Å²) < 4.78 is 0. The van der Waals surface area contributed by atoms with Gasteiger partial charge in [0.15, 0.2) is 0 Å². The van der Waals surface area contributed by atoms with Gasteiger partial charge in [-0.05, 0) is 99.4 Å². The van der Waals surface area contributed by atoms with E-state index in [-0.39, 0.29) is 76.6 Å². The first-order chi connectivity index (χ1) is 62.8. The van der Waals surface area contributed by atoms with E-state index in [4.69, 9.17) is 17.2 Å². The maximum Gasteiger partial charge on any atom is 0.303 e. The molecule has 44 nitrogen and oxygen atoms in total. The molecule has 0 spiro atoms. The standard InChI is InChI=1S/C87H120N20O24S/c1-7-9-20-65-80(124)96-56(27-29-72(114)115)76(120)102-64(75(119)93-41-70(90)112)44-132-45-71(113)94-60(34-47-23-25-50(109)26-24-47)83(127)103(4)46(3)74(118)99-62(38-69(89)111)86(130)106-33-15-22-66(106)81(125)101-63(43-108)79(123)97-58(28-30-73(116)117)85(129)107-42-51(110)37-68(107)82(126)98-59(35-48-39-91-54-18-13-11-16-52(48)54)78(122)95-57(31-32-88)77(121)100-61(36-49-40-92-55-19-14-12-17-53(49)55)84(128)105(6)67(21-10-8-2)87(131)104(65)5/h11-14,16-19,23-26,39-40,46,51,56-68,91-92,108-110H,7-10,15,20-22,27-38,41-45,88H2,1-6H3,(H2,89,111)(H2,90,112)(H,93,119)(H,94,113)(H,95,122)(H,96,124)(H,97,123)(H,98,126)(H,99,118)(H,100,121)(H,101,125)(H,102,120)(H,114,115)(H,116,117)/t46-,51+,56-,57-,58-,59-,60-,61-,62-,63-,64-,65-,66-,67-,68-/m0/s1. The fourth-order valence-electron chi connectivity index (χ4n) is 16.0. The number of nitrogens with one attached hydrogen (secondary N) is 12. The molecule has 3 aromatic carbocycles. The van der Waals surface area contributed by atoms with Crippen LogP contribution in [-0.2, 0) is 110 Å². The number of unbranched alkanes of at least 4 members (excludes halogenated alkanes) is 2. The number of thioether (sulfide) groups is 1. The largest absolute Gasteiger partial charge is 0.508 e. The fraction of sp³-hybridized carbons (Fsp3) is 0.529. The summed E-state index contributed by atoms with van der Waals surface area (Å²) >= 11 is 0.691. The SMILES string of the molecule is CCCC[C@H]1C(=O)N(C)[C@@H](CCCC)C(=O)N[C@@H](CCC(=O)O)C(=O)N[C@H](C(=O)NCC(N)=O)CSCC(=O)N[C@@H](Cc2ccc(O)cc2)C(=O)N(C)[C@@H](C)C(=O)N[C@@H](CC(N)=O)C(=O)N2CCC[C@H]2C(=O)N[C@@H](CO)C(=O)N[C@@H](CCC(=O)O)C(=O)N2C[C@H](O)C[C@H]2C(=O)N[C@@H](Cc2c[nH]c3ccccc23)C(=O)N[C@@H](CCN)C(=O)N[C@@H](Cc2c[nH]c3ccccc23)C(=O)N1C. The maximum absolute atomic E-state index is 15.7. The van der Waals surface area contributed by atoms with E-state index in [1.165, 1.54) is 45.3 Å². The zero-order chi connectivity index (χ0) is 96.9. The minimum absolute atomic E-state index is 0.0448. The van der Waals surface area contributed by atoms with E-state index in [0.29, 0.717) is 69.5 Å². The van der Waals surface area contributed by atoms with Crippen LogP contribution < -0.4 is 70.4 Å². The van der Waals surface area contributed by atoms with E-state index in [0.717, 1.165) is 31.5 Å². The monoisotopic (exact) mass is 1860 g/mol. The molecule has 0 bridgehead atoms. The van der Waals surface area contributed by atoms with Crippen molar-refractivity contribution >= 4 is 146 Å². The first-order valence-electron chi connectivity index (χ1n) is 43.6. The quantitative estimate of drug-likeness (QED) is 0.0250. The summed E-state index contributed by atoms with van der Waals surface area (Å²) in [5, 5.41) is 78.6. The van der Waals surface area contributed by atoms with Crippen molar-refractivity contribution in [1.29, 1.82) is 0 Å². The van der Waals surface area contributed by atoms with Crippen molar-refractivity contribution in [3.8, 4) is 5.75 Å². The number of benzene rings is 3. The van der Waals surface area contributed by atoms with Crippen molar-refractivity contribution in [1.82, 2.24) is 87.6 Å². The van der Waals surface area contributed by atoms with Crippen LogP contribution in [0.15, 0.2) is 85.2 Å². The molecule has 17 amide bonds. The van der Waals surface area contributed by atoms with Gasteiger partial charge in [-0.15, -0.1) is 11.8 Å².